The van der Waals surface area contributed by atoms with Gasteiger partial charge < -0.3 is 13.9 Å². The van der Waals surface area contributed by atoms with Crippen LogP contribution in [-0.2, 0) is 6.61 Å². The Balaban J connectivity index is 1.72. The monoisotopic (exact) mass is 272 g/mol. The maximum atomic E-state index is 13.1. The van der Waals surface area contributed by atoms with Crippen LogP contribution < -0.4 is 9.47 Å². The first-order valence-corrected chi connectivity index (χ1v) is 6.19. The van der Waals surface area contributed by atoms with E-state index in [0.29, 0.717) is 18.0 Å². The Labute approximate surface area is 115 Å². The molecule has 0 radical (unpaired) electrons. The van der Waals surface area contributed by atoms with E-state index >= 15 is 0 Å². The van der Waals surface area contributed by atoms with Crippen LogP contribution >= 0.6 is 0 Å². The lowest BCUT2D eigenvalue weighted by molar-refractivity contribution is 0.274. The van der Waals surface area contributed by atoms with E-state index in [1.165, 1.54) is 12.1 Å². The van der Waals surface area contributed by atoms with Crippen molar-refractivity contribution >= 4 is 11.0 Å². The molecule has 102 valence electrons. The number of hydrogen-bond donors (Lipinski definition) is 0. The van der Waals surface area contributed by atoms with Gasteiger partial charge >= 0.3 is 0 Å². The summed E-state index contributed by atoms with van der Waals surface area (Å²) in [5.74, 6) is 1.87. The van der Waals surface area contributed by atoms with E-state index in [4.69, 9.17) is 13.9 Å². The molecule has 0 bridgehead atoms. The Hall–Kier alpha value is -2.49. The smallest absolute Gasteiger partial charge is 0.146 e. The Kier molecular flexibility index (Phi) is 3.29. The third-order valence-electron chi connectivity index (χ3n) is 2.97. The number of halogens is 1. The lowest BCUT2D eigenvalue weighted by atomic mass is 10.2. The van der Waals surface area contributed by atoms with Crippen molar-refractivity contribution in [2.45, 2.75) is 6.61 Å². The van der Waals surface area contributed by atoms with Crippen LogP contribution in [0.1, 0.15) is 5.76 Å². The molecule has 0 saturated carbocycles. The van der Waals surface area contributed by atoms with E-state index < -0.39 is 0 Å². The lowest BCUT2D eigenvalue weighted by Crippen LogP contribution is -1.93. The maximum Gasteiger partial charge on any atom is 0.146 e. The second-order valence-electron chi connectivity index (χ2n) is 4.36. The lowest BCUT2D eigenvalue weighted by Gasteiger charge is -2.05. The highest BCUT2D eigenvalue weighted by atomic mass is 19.1. The average Bonchev–Trinajstić information content (AvgIpc) is 2.87. The minimum Gasteiger partial charge on any atom is -0.497 e. The van der Waals surface area contributed by atoms with E-state index in [1.54, 1.807) is 19.2 Å². The summed E-state index contributed by atoms with van der Waals surface area (Å²) in [5.41, 5.74) is 0.653. The zero-order chi connectivity index (χ0) is 13.9. The SMILES string of the molecule is COc1ccc(OCc2cc3cc(F)ccc3o2)cc1. The minimum absolute atomic E-state index is 0.277. The average molecular weight is 272 g/mol. The van der Waals surface area contributed by atoms with Crippen molar-refractivity contribution in [3.05, 3.63) is 60.1 Å². The zero-order valence-corrected chi connectivity index (χ0v) is 10.9. The number of benzene rings is 2. The van der Waals surface area contributed by atoms with Gasteiger partial charge in [0, 0.05) is 5.39 Å². The van der Waals surface area contributed by atoms with Crippen LogP contribution in [-0.4, -0.2) is 7.11 Å². The van der Waals surface area contributed by atoms with Gasteiger partial charge in [-0.05, 0) is 48.5 Å². The number of fused-ring (bicyclic) bond motifs is 1. The second-order valence-corrected chi connectivity index (χ2v) is 4.36. The predicted molar refractivity (Wildman–Crippen MR) is 73.5 cm³/mol. The van der Waals surface area contributed by atoms with Gasteiger partial charge in [-0.1, -0.05) is 0 Å². The standard InChI is InChI=1S/C16H13FO3/c1-18-13-3-5-14(6-4-13)19-10-15-9-11-8-12(17)2-7-16(11)20-15/h2-9H,10H2,1H3. The van der Waals surface area contributed by atoms with Crippen LogP contribution in [0.4, 0.5) is 4.39 Å². The summed E-state index contributed by atoms with van der Waals surface area (Å²) in [5, 5.41) is 0.735. The van der Waals surface area contributed by atoms with Crippen LogP contribution in [0.3, 0.4) is 0 Å². The van der Waals surface area contributed by atoms with Gasteiger partial charge in [-0.2, -0.15) is 0 Å². The third kappa shape index (κ3) is 2.59. The molecule has 0 amide bonds. The molecule has 4 heteroatoms. The van der Waals surface area contributed by atoms with Gasteiger partial charge in [0.15, 0.2) is 0 Å². The van der Waals surface area contributed by atoms with E-state index in [1.807, 2.05) is 24.3 Å². The zero-order valence-electron chi connectivity index (χ0n) is 10.9. The summed E-state index contributed by atoms with van der Waals surface area (Å²) >= 11 is 0. The normalized spacial score (nSPS) is 10.7. The third-order valence-corrected chi connectivity index (χ3v) is 2.97. The molecular weight excluding hydrogens is 259 g/mol. The second kappa shape index (κ2) is 5.25. The van der Waals surface area contributed by atoms with Crippen molar-refractivity contribution in [1.29, 1.82) is 0 Å². The molecular formula is C16H13FO3. The summed E-state index contributed by atoms with van der Waals surface area (Å²) < 4.78 is 29.3. The molecule has 0 fully saturated rings. The summed E-state index contributed by atoms with van der Waals surface area (Å²) in [4.78, 5) is 0. The number of methoxy groups -OCH3 is 1. The van der Waals surface area contributed by atoms with Crippen LogP contribution in [0.2, 0.25) is 0 Å². The fourth-order valence-corrected chi connectivity index (χ4v) is 1.97. The molecule has 1 aromatic heterocycles. The van der Waals surface area contributed by atoms with Crippen LogP contribution in [0.5, 0.6) is 11.5 Å². The molecule has 3 nitrogen and oxygen atoms in total. The van der Waals surface area contributed by atoms with E-state index in [2.05, 4.69) is 0 Å². The Morgan fingerprint density at radius 3 is 2.50 bits per heavy atom. The number of rotatable bonds is 4. The minimum atomic E-state index is -0.277. The summed E-state index contributed by atoms with van der Waals surface area (Å²) in [7, 11) is 1.61. The van der Waals surface area contributed by atoms with Crippen molar-refractivity contribution < 1.29 is 18.3 Å². The molecule has 0 N–H and O–H groups in total. The first-order valence-electron chi connectivity index (χ1n) is 6.19. The van der Waals surface area contributed by atoms with Crippen molar-refractivity contribution in [1.82, 2.24) is 0 Å². The predicted octanol–water partition coefficient (Wildman–Crippen LogP) is 4.16. The Morgan fingerprint density at radius 2 is 1.75 bits per heavy atom. The van der Waals surface area contributed by atoms with Crippen molar-refractivity contribution in [3.63, 3.8) is 0 Å². The molecule has 0 spiro atoms. The molecule has 0 aliphatic heterocycles. The van der Waals surface area contributed by atoms with Crippen molar-refractivity contribution in [2.75, 3.05) is 7.11 Å². The van der Waals surface area contributed by atoms with Gasteiger partial charge in [-0.3, -0.25) is 0 Å². The van der Waals surface area contributed by atoms with E-state index in [0.717, 1.165) is 16.9 Å². The van der Waals surface area contributed by atoms with Crippen LogP contribution in [0, 0.1) is 5.82 Å². The molecule has 2 aromatic carbocycles. The summed E-state index contributed by atoms with van der Waals surface area (Å²) in [6.07, 6.45) is 0. The molecule has 0 aliphatic carbocycles. The van der Waals surface area contributed by atoms with Gasteiger partial charge in [-0.15, -0.1) is 0 Å². The van der Waals surface area contributed by atoms with E-state index in [9.17, 15) is 4.39 Å². The van der Waals surface area contributed by atoms with Gasteiger partial charge in [-0.25, -0.2) is 4.39 Å². The Morgan fingerprint density at radius 1 is 1.00 bits per heavy atom. The van der Waals surface area contributed by atoms with Crippen molar-refractivity contribution in [3.8, 4) is 11.5 Å². The number of ether oxygens (including phenoxy) is 2. The molecule has 20 heavy (non-hydrogen) atoms. The molecule has 1 heterocycles. The highest BCUT2D eigenvalue weighted by Crippen LogP contribution is 2.22. The fraction of sp³-hybridized carbons (Fsp3) is 0.125. The van der Waals surface area contributed by atoms with Crippen LogP contribution in [0.15, 0.2) is 52.9 Å². The Bertz CT molecular complexity index is 716. The molecule has 0 saturated heterocycles. The number of hydrogen-bond acceptors (Lipinski definition) is 3. The van der Waals surface area contributed by atoms with Gasteiger partial charge in [0.2, 0.25) is 0 Å². The molecule has 3 aromatic rings. The van der Waals surface area contributed by atoms with Crippen molar-refractivity contribution in [2.24, 2.45) is 0 Å². The topological polar surface area (TPSA) is 31.6 Å². The molecule has 0 unspecified atom stereocenters. The highest BCUT2D eigenvalue weighted by Gasteiger charge is 2.05. The largest absolute Gasteiger partial charge is 0.497 e. The molecule has 0 aliphatic rings. The summed E-state index contributed by atoms with van der Waals surface area (Å²) in [6.45, 7) is 0.294. The fourth-order valence-electron chi connectivity index (χ4n) is 1.97. The molecule has 3 rings (SSSR count). The first kappa shape index (κ1) is 12.5. The maximum absolute atomic E-state index is 13.1. The number of furan rings is 1. The van der Waals surface area contributed by atoms with E-state index in [-0.39, 0.29) is 5.82 Å². The van der Waals surface area contributed by atoms with Gasteiger partial charge in [0.1, 0.15) is 35.3 Å². The quantitative estimate of drug-likeness (QED) is 0.714. The first-order chi connectivity index (χ1) is 9.74. The van der Waals surface area contributed by atoms with Gasteiger partial charge in [0.05, 0.1) is 7.11 Å². The summed E-state index contributed by atoms with van der Waals surface area (Å²) in [6, 6.07) is 13.5. The van der Waals surface area contributed by atoms with Gasteiger partial charge in [0.25, 0.3) is 0 Å². The van der Waals surface area contributed by atoms with Crippen LogP contribution in [0.25, 0.3) is 11.0 Å². The molecule has 0 atom stereocenters. The highest BCUT2D eigenvalue weighted by molar-refractivity contribution is 5.77.